The summed E-state index contributed by atoms with van der Waals surface area (Å²) in [5, 5.41) is 2.87. The summed E-state index contributed by atoms with van der Waals surface area (Å²) in [6, 6.07) is 16.9. The zero-order valence-electron chi connectivity index (χ0n) is 12.0. The van der Waals surface area contributed by atoms with Gasteiger partial charge in [0.25, 0.3) is 5.91 Å². The van der Waals surface area contributed by atoms with Gasteiger partial charge in [0.15, 0.2) is 5.78 Å². The molecule has 2 aliphatic rings. The van der Waals surface area contributed by atoms with Gasteiger partial charge in [-0.05, 0) is 23.6 Å². The van der Waals surface area contributed by atoms with Crippen LogP contribution >= 0.6 is 0 Å². The second-order valence-corrected chi connectivity index (χ2v) is 5.44. The highest BCUT2D eigenvalue weighted by molar-refractivity contribution is 6.32. The van der Waals surface area contributed by atoms with Crippen molar-refractivity contribution in [1.82, 2.24) is 5.32 Å². The van der Waals surface area contributed by atoms with Gasteiger partial charge in [-0.2, -0.15) is 0 Å². The predicted octanol–water partition coefficient (Wildman–Crippen LogP) is 3.20. The Kier molecular flexibility index (Phi) is 2.63. The van der Waals surface area contributed by atoms with E-state index in [0.29, 0.717) is 22.4 Å². The average molecular weight is 287 g/mol. The number of allylic oxidation sites excluding steroid dienone is 1. The molecule has 106 valence electrons. The Hall–Kier alpha value is -2.94. The van der Waals surface area contributed by atoms with Crippen molar-refractivity contribution in [2.24, 2.45) is 0 Å². The van der Waals surface area contributed by atoms with E-state index in [2.05, 4.69) is 5.32 Å². The normalized spacial score (nSPS) is 16.6. The fourth-order valence-electron chi connectivity index (χ4n) is 3.16. The topological polar surface area (TPSA) is 46.2 Å². The van der Waals surface area contributed by atoms with E-state index in [4.69, 9.17) is 0 Å². The second-order valence-electron chi connectivity index (χ2n) is 5.44. The molecule has 0 aromatic heterocycles. The summed E-state index contributed by atoms with van der Waals surface area (Å²) in [6.07, 6.45) is 0. The molecule has 2 aromatic carbocycles. The lowest BCUT2D eigenvalue weighted by molar-refractivity contribution is -0.115. The summed E-state index contributed by atoms with van der Waals surface area (Å²) in [6.45, 7) is 1.90. The van der Waals surface area contributed by atoms with Crippen molar-refractivity contribution < 1.29 is 9.59 Å². The molecule has 0 spiro atoms. The minimum Gasteiger partial charge on any atom is -0.321 e. The molecule has 1 aliphatic carbocycles. The van der Waals surface area contributed by atoms with Crippen molar-refractivity contribution in [3.8, 4) is 0 Å². The van der Waals surface area contributed by atoms with Gasteiger partial charge in [-0.3, -0.25) is 9.59 Å². The first kappa shape index (κ1) is 12.8. The van der Waals surface area contributed by atoms with Gasteiger partial charge in [-0.25, -0.2) is 0 Å². The van der Waals surface area contributed by atoms with E-state index >= 15 is 0 Å². The third kappa shape index (κ3) is 1.62. The average Bonchev–Trinajstić information content (AvgIpc) is 2.91. The van der Waals surface area contributed by atoms with Crippen molar-refractivity contribution in [2.45, 2.75) is 6.92 Å². The number of hydrogen-bond acceptors (Lipinski definition) is 2. The van der Waals surface area contributed by atoms with E-state index in [0.717, 1.165) is 16.7 Å². The fourth-order valence-corrected chi connectivity index (χ4v) is 3.16. The van der Waals surface area contributed by atoms with E-state index < -0.39 is 0 Å². The van der Waals surface area contributed by atoms with Crippen LogP contribution in [0.3, 0.4) is 0 Å². The highest BCUT2D eigenvalue weighted by atomic mass is 16.2. The molecular weight excluding hydrogens is 274 g/mol. The first-order valence-corrected chi connectivity index (χ1v) is 7.15. The van der Waals surface area contributed by atoms with E-state index in [1.807, 2.05) is 61.5 Å². The summed E-state index contributed by atoms with van der Waals surface area (Å²) in [5.41, 5.74) is 4.81. The van der Waals surface area contributed by atoms with Gasteiger partial charge < -0.3 is 5.32 Å². The Bertz CT molecular complexity index is 889. The van der Waals surface area contributed by atoms with Gasteiger partial charge >= 0.3 is 0 Å². The smallest absolute Gasteiger partial charge is 0.256 e. The van der Waals surface area contributed by atoms with Gasteiger partial charge in [0.1, 0.15) is 0 Å². The molecule has 1 N–H and O–H groups in total. The molecule has 1 aliphatic heterocycles. The molecule has 0 radical (unpaired) electrons. The Morgan fingerprint density at radius 3 is 2.14 bits per heavy atom. The molecule has 4 rings (SSSR count). The van der Waals surface area contributed by atoms with Crippen LogP contribution in [0, 0.1) is 0 Å². The van der Waals surface area contributed by atoms with Crippen molar-refractivity contribution in [3.05, 3.63) is 82.4 Å². The van der Waals surface area contributed by atoms with Crippen LogP contribution in [0.5, 0.6) is 0 Å². The summed E-state index contributed by atoms with van der Waals surface area (Å²) in [5.74, 6) is -0.289. The van der Waals surface area contributed by atoms with Crippen molar-refractivity contribution in [3.63, 3.8) is 0 Å². The highest BCUT2D eigenvalue weighted by Gasteiger charge is 2.38. The second kappa shape index (κ2) is 4.53. The van der Waals surface area contributed by atoms with Crippen LogP contribution in [-0.2, 0) is 4.79 Å². The summed E-state index contributed by atoms with van der Waals surface area (Å²) < 4.78 is 0. The number of amides is 1. The van der Waals surface area contributed by atoms with Gasteiger partial charge in [0.2, 0.25) is 0 Å². The zero-order chi connectivity index (χ0) is 15.3. The van der Waals surface area contributed by atoms with Crippen LogP contribution in [0.2, 0.25) is 0 Å². The maximum atomic E-state index is 12.9. The maximum absolute atomic E-state index is 12.9. The number of hydrogen-bond donors (Lipinski definition) is 1. The molecule has 1 amide bonds. The van der Waals surface area contributed by atoms with E-state index in [9.17, 15) is 9.59 Å². The monoisotopic (exact) mass is 287 g/mol. The molecule has 2 aromatic rings. The SMILES string of the molecule is CC1=C2C(=O)NC(c3ccccc3)=C2C(=O)c2ccccc21. The van der Waals surface area contributed by atoms with Crippen LogP contribution in [-0.4, -0.2) is 11.7 Å². The first-order valence-electron chi connectivity index (χ1n) is 7.15. The molecule has 0 unspecified atom stereocenters. The summed E-state index contributed by atoms with van der Waals surface area (Å²) in [7, 11) is 0. The number of ketones is 1. The van der Waals surface area contributed by atoms with Crippen molar-refractivity contribution in [2.75, 3.05) is 0 Å². The van der Waals surface area contributed by atoms with Crippen LogP contribution in [0.1, 0.15) is 28.4 Å². The zero-order valence-corrected chi connectivity index (χ0v) is 12.0. The lowest BCUT2D eigenvalue weighted by atomic mass is 9.82. The summed E-state index contributed by atoms with van der Waals surface area (Å²) in [4.78, 5) is 25.3. The van der Waals surface area contributed by atoms with E-state index in [-0.39, 0.29) is 11.7 Å². The molecule has 0 atom stereocenters. The predicted molar refractivity (Wildman–Crippen MR) is 84.9 cm³/mol. The van der Waals surface area contributed by atoms with Gasteiger partial charge in [0.05, 0.1) is 16.8 Å². The number of nitrogens with one attached hydrogen (secondary N) is 1. The van der Waals surface area contributed by atoms with Gasteiger partial charge in [0, 0.05) is 5.56 Å². The summed E-state index contributed by atoms with van der Waals surface area (Å²) >= 11 is 0. The third-order valence-electron chi connectivity index (χ3n) is 4.21. The Labute approximate surface area is 128 Å². The fraction of sp³-hybridized carbons (Fsp3) is 0.0526. The molecular formula is C19H13NO2. The van der Waals surface area contributed by atoms with Crippen molar-refractivity contribution >= 4 is 23.0 Å². The molecule has 0 saturated carbocycles. The molecule has 3 nitrogen and oxygen atoms in total. The number of rotatable bonds is 1. The van der Waals surface area contributed by atoms with Crippen LogP contribution in [0.4, 0.5) is 0 Å². The van der Waals surface area contributed by atoms with Gasteiger partial charge in [-0.15, -0.1) is 0 Å². The minimum absolute atomic E-state index is 0.0894. The Morgan fingerprint density at radius 2 is 1.41 bits per heavy atom. The van der Waals surface area contributed by atoms with Gasteiger partial charge in [-0.1, -0.05) is 54.6 Å². The molecule has 3 heteroatoms. The minimum atomic E-state index is -0.200. The highest BCUT2D eigenvalue weighted by Crippen LogP contribution is 2.40. The molecule has 0 saturated heterocycles. The molecule has 22 heavy (non-hydrogen) atoms. The van der Waals surface area contributed by atoms with Crippen LogP contribution in [0.25, 0.3) is 11.3 Å². The quantitative estimate of drug-likeness (QED) is 0.875. The van der Waals surface area contributed by atoms with E-state index in [1.165, 1.54) is 0 Å². The number of carbonyl (C=O) groups is 2. The van der Waals surface area contributed by atoms with E-state index in [1.54, 1.807) is 0 Å². The molecule has 0 bridgehead atoms. The Morgan fingerprint density at radius 1 is 0.773 bits per heavy atom. The lowest BCUT2D eigenvalue weighted by Crippen LogP contribution is -2.18. The third-order valence-corrected chi connectivity index (χ3v) is 4.21. The maximum Gasteiger partial charge on any atom is 0.256 e. The number of benzene rings is 2. The Balaban J connectivity index is 2.04. The number of carbonyl (C=O) groups excluding carboxylic acids is 2. The largest absolute Gasteiger partial charge is 0.321 e. The number of fused-ring (bicyclic) bond motifs is 2. The molecule has 0 fully saturated rings. The number of Topliss-reactive ketones (excluding diaryl/α,β-unsaturated/α-hetero) is 1. The van der Waals surface area contributed by atoms with Crippen LogP contribution in [0.15, 0.2) is 65.7 Å². The van der Waals surface area contributed by atoms with Crippen LogP contribution < -0.4 is 5.32 Å². The first-order chi connectivity index (χ1) is 10.7. The molecule has 1 heterocycles. The van der Waals surface area contributed by atoms with Crippen molar-refractivity contribution in [1.29, 1.82) is 0 Å². The lowest BCUT2D eigenvalue weighted by Gasteiger charge is -2.18. The standard InChI is InChI=1S/C19H13NO2/c1-11-13-9-5-6-10-14(13)18(21)16-15(11)19(22)20-17(16)12-7-3-2-4-8-12/h2-10H,1H3,(H,20,22).